The minimum Gasteiger partial charge on any atom is -0.481 e. The lowest BCUT2D eigenvalue weighted by atomic mass is 9.82. The number of nitrogens with zero attached hydrogens (tertiary/aromatic N) is 1. The lowest BCUT2D eigenvalue weighted by molar-refractivity contribution is -0.146. The van der Waals surface area contributed by atoms with Crippen LogP contribution in [0.4, 0.5) is 5.88 Å². The summed E-state index contributed by atoms with van der Waals surface area (Å²) >= 11 is 0. The standard InChI is InChI=1S/C13H16N2O4/c1-7-8(2)15-19-12(7)14-11(16)9-5-3-4-6-10(9)13(17)18/h3-4,9-10H,5-6H2,1-2H3,(H,14,16)(H,17,18)/t9-,10+/m1/s1. The molecule has 0 aliphatic heterocycles. The van der Waals surface area contributed by atoms with E-state index < -0.39 is 17.8 Å². The summed E-state index contributed by atoms with van der Waals surface area (Å²) in [6, 6.07) is 0. The molecule has 6 heteroatoms. The lowest BCUT2D eigenvalue weighted by Crippen LogP contribution is -2.34. The molecule has 6 nitrogen and oxygen atoms in total. The maximum Gasteiger partial charge on any atom is 0.307 e. The second-order valence-corrected chi connectivity index (χ2v) is 4.71. The van der Waals surface area contributed by atoms with E-state index in [2.05, 4.69) is 10.5 Å². The molecular formula is C13H16N2O4. The zero-order valence-electron chi connectivity index (χ0n) is 10.8. The molecule has 0 radical (unpaired) electrons. The highest BCUT2D eigenvalue weighted by molar-refractivity contribution is 5.94. The Hall–Kier alpha value is -2.11. The summed E-state index contributed by atoms with van der Waals surface area (Å²) in [6.07, 6.45) is 4.44. The largest absolute Gasteiger partial charge is 0.481 e. The molecule has 1 aliphatic rings. The molecule has 19 heavy (non-hydrogen) atoms. The first kappa shape index (κ1) is 13.3. The van der Waals surface area contributed by atoms with Crippen LogP contribution in [0.3, 0.4) is 0 Å². The van der Waals surface area contributed by atoms with E-state index in [-0.39, 0.29) is 5.91 Å². The van der Waals surface area contributed by atoms with Gasteiger partial charge in [-0.05, 0) is 26.7 Å². The molecule has 1 aromatic rings. The zero-order chi connectivity index (χ0) is 14.0. The van der Waals surface area contributed by atoms with Gasteiger partial charge in [0.15, 0.2) is 0 Å². The van der Waals surface area contributed by atoms with Crippen LogP contribution < -0.4 is 5.32 Å². The van der Waals surface area contributed by atoms with Crippen molar-refractivity contribution in [3.8, 4) is 0 Å². The highest BCUT2D eigenvalue weighted by Gasteiger charge is 2.34. The van der Waals surface area contributed by atoms with Crippen LogP contribution >= 0.6 is 0 Å². The van der Waals surface area contributed by atoms with E-state index in [9.17, 15) is 9.59 Å². The lowest BCUT2D eigenvalue weighted by Gasteiger charge is -2.23. The van der Waals surface area contributed by atoms with Gasteiger partial charge in [-0.25, -0.2) is 0 Å². The average molecular weight is 264 g/mol. The van der Waals surface area contributed by atoms with Crippen LogP contribution in [0.15, 0.2) is 16.7 Å². The van der Waals surface area contributed by atoms with Crippen molar-refractivity contribution in [1.29, 1.82) is 0 Å². The molecule has 0 bridgehead atoms. The number of nitrogens with one attached hydrogen (secondary N) is 1. The number of aromatic nitrogens is 1. The van der Waals surface area contributed by atoms with Gasteiger partial charge in [0.05, 0.1) is 17.5 Å². The first-order valence-corrected chi connectivity index (χ1v) is 6.12. The van der Waals surface area contributed by atoms with Crippen LogP contribution in [0.1, 0.15) is 24.1 Å². The molecule has 0 saturated carbocycles. The van der Waals surface area contributed by atoms with E-state index in [4.69, 9.17) is 9.63 Å². The molecular weight excluding hydrogens is 248 g/mol. The number of allylic oxidation sites excluding steroid dienone is 2. The second kappa shape index (κ2) is 5.26. The number of anilines is 1. The van der Waals surface area contributed by atoms with E-state index in [1.165, 1.54) is 0 Å². The molecule has 0 unspecified atom stereocenters. The molecule has 102 valence electrons. The van der Waals surface area contributed by atoms with Gasteiger partial charge in [0, 0.05) is 5.56 Å². The summed E-state index contributed by atoms with van der Waals surface area (Å²) in [4.78, 5) is 23.3. The fraction of sp³-hybridized carbons (Fsp3) is 0.462. The van der Waals surface area contributed by atoms with Gasteiger partial charge in [-0.2, -0.15) is 0 Å². The van der Waals surface area contributed by atoms with Crippen molar-refractivity contribution >= 4 is 17.8 Å². The third kappa shape index (κ3) is 2.67. The van der Waals surface area contributed by atoms with Gasteiger partial charge in [0.2, 0.25) is 11.8 Å². The number of rotatable bonds is 3. The second-order valence-electron chi connectivity index (χ2n) is 4.71. The van der Waals surface area contributed by atoms with Crippen molar-refractivity contribution in [2.75, 3.05) is 5.32 Å². The van der Waals surface area contributed by atoms with Gasteiger partial charge < -0.3 is 9.63 Å². The van der Waals surface area contributed by atoms with E-state index >= 15 is 0 Å². The van der Waals surface area contributed by atoms with Crippen LogP contribution in [0.2, 0.25) is 0 Å². The van der Waals surface area contributed by atoms with Crippen LogP contribution in [0.25, 0.3) is 0 Å². The van der Waals surface area contributed by atoms with Crippen molar-refractivity contribution < 1.29 is 19.2 Å². The van der Waals surface area contributed by atoms with Crippen molar-refractivity contribution in [2.24, 2.45) is 11.8 Å². The van der Waals surface area contributed by atoms with Gasteiger partial charge in [-0.3, -0.25) is 14.9 Å². The van der Waals surface area contributed by atoms with E-state index in [1.807, 2.05) is 6.08 Å². The van der Waals surface area contributed by atoms with E-state index in [0.717, 1.165) is 5.56 Å². The molecule has 0 spiro atoms. The topological polar surface area (TPSA) is 92.4 Å². The summed E-state index contributed by atoms with van der Waals surface area (Å²) in [6.45, 7) is 3.56. The number of carbonyl (C=O) groups excluding carboxylic acids is 1. The first-order chi connectivity index (χ1) is 9.00. The smallest absolute Gasteiger partial charge is 0.307 e. The Morgan fingerprint density at radius 3 is 2.47 bits per heavy atom. The number of aliphatic carboxylic acids is 1. The van der Waals surface area contributed by atoms with Crippen molar-refractivity contribution in [1.82, 2.24) is 5.16 Å². The zero-order valence-corrected chi connectivity index (χ0v) is 10.8. The van der Waals surface area contributed by atoms with Crippen molar-refractivity contribution in [3.63, 3.8) is 0 Å². The van der Waals surface area contributed by atoms with Gasteiger partial charge in [-0.15, -0.1) is 0 Å². The SMILES string of the molecule is Cc1noc(NC(=O)[C@@H]2CC=CC[C@@H]2C(=O)O)c1C. The highest BCUT2D eigenvalue weighted by atomic mass is 16.5. The number of amides is 1. The van der Waals surface area contributed by atoms with Gasteiger partial charge in [0.25, 0.3) is 0 Å². The average Bonchev–Trinajstić information content (AvgIpc) is 2.70. The molecule has 0 fully saturated rings. The first-order valence-electron chi connectivity index (χ1n) is 6.12. The third-order valence-corrected chi connectivity index (χ3v) is 3.48. The molecule has 1 aliphatic carbocycles. The van der Waals surface area contributed by atoms with Crippen molar-refractivity contribution in [2.45, 2.75) is 26.7 Å². The van der Waals surface area contributed by atoms with Crippen LogP contribution in [0, 0.1) is 25.7 Å². The number of aryl methyl sites for hydroxylation is 1. The predicted molar refractivity (Wildman–Crippen MR) is 67.6 cm³/mol. The normalized spacial score (nSPS) is 22.2. The third-order valence-electron chi connectivity index (χ3n) is 3.48. The number of carboxylic acid groups (broad SMARTS) is 1. The quantitative estimate of drug-likeness (QED) is 0.813. The van der Waals surface area contributed by atoms with Crippen LogP contribution in [-0.4, -0.2) is 22.1 Å². The number of hydrogen-bond donors (Lipinski definition) is 2. The van der Waals surface area contributed by atoms with Crippen LogP contribution in [-0.2, 0) is 9.59 Å². The minimum atomic E-state index is -0.949. The Bertz CT molecular complexity index is 533. The minimum absolute atomic E-state index is 0.293. The summed E-state index contributed by atoms with van der Waals surface area (Å²) in [7, 11) is 0. The molecule has 1 heterocycles. The molecule has 0 saturated heterocycles. The van der Waals surface area contributed by atoms with Gasteiger partial charge in [0.1, 0.15) is 0 Å². The van der Waals surface area contributed by atoms with Gasteiger partial charge in [-0.1, -0.05) is 17.3 Å². The Balaban J connectivity index is 2.12. The van der Waals surface area contributed by atoms with Crippen LogP contribution in [0.5, 0.6) is 0 Å². The summed E-state index contributed by atoms with van der Waals surface area (Å²) in [5, 5.41) is 15.5. The molecule has 0 aromatic carbocycles. The number of carbonyl (C=O) groups is 2. The molecule has 2 N–H and O–H groups in total. The molecule has 1 aromatic heterocycles. The summed E-state index contributed by atoms with van der Waals surface area (Å²) < 4.78 is 5.00. The monoisotopic (exact) mass is 264 g/mol. The Kier molecular flexibility index (Phi) is 3.69. The molecule has 1 amide bonds. The Labute approximate surface area is 110 Å². The predicted octanol–water partition coefficient (Wildman–Crippen LogP) is 1.90. The molecule has 2 atom stereocenters. The van der Waals surface area contributed by atoms with E-state index in [1.54, 1.807) is 19.9 Å². The summed E-state index contributed by atoms with van der Waals surface area (Å²) in [5.41, 5.74) is 1.46. The fourth-order valence-electron chi connectivity index (χ4n) is 2.11. The highest BCUT2D eigenvalue weighted by Crippen LogP contribution is 2.28. The maximum absolute atomic E-state index is 12.1. The number of hydrogen-bond acceptors (Lipinski definition) is 4. The Morgan fingerprint density at radius 1 is 1.32 bits per heavy atom. The fourth-order valence-corrected chi connectivity index (χ4v) is 2.11. The number of carboxylic acids is 1. The van der Waals surface area contributed by atoms with E-state index in [0.29, 0.717) is 24.4 Å². The van der Waals surface area contributed by atoms with Crippen molar-refractivity contribution in [3.05, 3.63) is 23.4 Å². The summed E-state index contributed by atoms with van der Waals surface area (Å²) in [5.74, 6) is -2.26. The van der Waals surface area contributed by atoms with Gasteiger partial charge >= 0.3 is 5.97 Å². The maximum atomic E-state index is 12.1. The molecule has 2 rings (SSSR count). The Morgan fingerprint density at radius 2 is 1.95 bits per heavy atom.